The predicted molar refractivity (Wildman–Crippen MR) is 97.6 cm³/mol. The van der Waals surface area contributed by atoms with Gasteiger partial charge in [-0.2, -0.15) is 0 Å². The number of allylic oxidation sites excluding steroid dienone is 2. The fourth-order valence-corrected chi connectivity index (χ4v) is 3.20. The Balaban J connectivity index is 1.56. The third-order valence-electron chi connectivity index (χ3n) is 4.64. The summed E-state index contributed by atoms with van der Waals surface area (Å²) in [4.78, 5) is 26.5. The highest BCUT2D eigenvalue weighted by atomic mass is 16.5. The first-order chi connectivity index (χ1) is 12.2. The highest BCUT2D eigenvalue weighted by molar-refractivity contribution is 6.39. The third kappa shape index (κ3) is 4.82. The summed E-state index contributed by atoms with van der Waals surface area (Å²) in [6, 6.07) is 7.55. The molecule has 2 N–H and O–H groups in total. The van der Waals surface area contributed by atoms with E-state index in [4.69, 9.17) is 4.74 Å². The maximum Gasteiger partial charge on any atom is 0.313 e. The largest absolute Gasteiger partial charge is 0.378 e. The average molecular weight is 343 g/mol. The molecule has 6 heteroatoms. The van der Waals surface area contributed by atoms with Crippen molar-refractivity contribution in [1.82, 2.24) is 5.32 Å². The maximum atomic E-state index is 12.2. The molecule has 1 unspecified atom stereocenters. The zero-order valence-corrected chi connectivity index (χ0v) is 14.4. The van der Waals surface area contributed by atoms with E-state index >= 15 is 0 Å². The van der Waals surface area contributed by atoms with Gasteiger partial charge in [-0.3, -0.25) is 9.59 Å². The van der Waals surface area contributed by atoms with Gasteiger partial charge in [0.1, 0.15) is 0 Å². The number of carbonyl (C=O) groups is 2. The highest BCUT2D eigenvalue weighted by Crippen LogP contribution is 2.26. The summed E-state index contributed by atoms with van der Waals surface area (Å²) < 4.78 is 5.37. The molecule has 1 aromatic carbocycles. The molecule has 1 aromatic rings. The Labute approximate surface area is 148 Å². The molecule has 0 radical (unpaired) electrons. The van der Waals surface area contributed by atoms with Crippen LogP contribution in [0.5, 0.6) is 0 Å². The number of ether oxygens (including phenoxy) is 1. The first kappa shape index (κ1) is 17.5. The number of para-hydroxylation sites is 2. The van der Waals surface area contributed by atoms with E-state index in [1.54, 1.807) is 0 Å². The van der Waals surface area contributed by atoms with Crippen LogP contribution in [0.1, 0.15) is 19.3 Å². The number of nitrogens with zero attached hydrogens (tertiary/aromatic N) is 1. The minimum absolute atomic E-state index is 0.419. The summed E-state index contributed by atoms with van der Waals surface area (Å²) in [6.45, 7) is 3.42. The van der Waals surface area contributed by atoms with Gasteiger partial charge in [0.15, 0.2) is 0 Å². The second kappa shape index (κ2) is 8.67. The van der Waals surface area contributed by atoms with Gasteiger partial charge in [-0.25, -0.2) is 0 Å². The summed E-state index contributed by atoms with van der Waals surface area (Å²) in [7, 11) is 0. The SMILES string of the molecule is O=C(NCC1CC=CCC1)C(=O)Nc1ccccc1N1CCOCC1. The molecule has 134 valence electrons. The average Bonchev–Trinajstić information content (AvgIpc) is 2.68. The quantitative estimate of drug-likeness (QED) is 0.647. The van der Waals surface area contributed by atoms with Crippen LogP contribution in [0.2, 0.25) is 0 Å². The Kier molecular flexibility index (Phi) is 6.06. The number of rotatable bonds is 4. The van der Waals surface area contributed by atoms with Gasteiger partial charge in [-0.15, -0.1) is 0 Å². The monoisotopic (exact) mass is 343 g/mol. The summed E-state index contributed by atoms with van der Waals surface area (Å²) in [5.74, 6) is -0.777. The standard InChI is InChI=1S/C19H25N3O3/c23-18(20-14-15-6-2-1-3-7-15)19(24)21-16-8-4-5-9-17(16)22-10-12-25-13-11-22/h1-2,4-5,8-9,15H,3,6-7,10-14H2,(H,20,23)(H,21,24). The highest BCUT2D eigenvalue weighted by Gasteiger charge is 2.20. The number of hydrogen-bond acceptors (Lipinski definition) is 4. The smallest absolute Gasteiger partial charge is 0.313 e. The molecular weight excluding hydrogens is 318 g/mol. The lowest BCUT2D eigenvalue weighted by atomic mass is 9.94. The summed E-state index contributed by atoms with van der Waals surface area (Å²) in [5.41, 5.74) is 1.58. The van der Waals surface area contributed by atoms with Crippen LogP contribution >= 0.6 is 0 Å². The molecular formula is C19H25N3O3. The second-order valence-electron chi connectivity index (χ2n) is 6.43. The molecule has 0 spiro atoms. The van der Waals surface area contributed by atoms with Crippen molar-refractivity contribution >= 4 is 23.2 Å². The van der Waals surface area contributed by atoms with Crippen LogP contribution < -0.4 is 15.5 Å². The molecule has 0 saturated carbocycles. The van der Waals surface area contributed by atoms with Crippen molar-refractivity contribution in [3.8, 4) is 0 Å². The van der Waals surface area contributed by atoms with E-state index in [-0.39, 0.29) is 0 Å². The van der Waals surface area contributed by atoms with E-state index in [1.807, 2.05) is 24.3 Å². The van der Waals surface area contributed by atoms with Crippen LogP contribution in [0.4, 0.5) is 11.4 Å². The normalized spacial score (nSPS) is 20.2. The van der Waals surface area contributed by atoms with E-state index in [9.17, 15) is 9.59 Å². The van der Waals surface area contributed by atoms with Crippen molar-refractivity contribution in [3.63, 3.8) is 0 Å². The summed E-state index contributed by atoms with van der Waals surface area (Å²) >= 11 is 0. The Hall–Kier alpha value is -2.34. The molecule has 3 rings (SSSR count). The first-order valence-electron chi connectivity index (χ1n) is 8.90. The first-order valence-corrected chi connectivity index (χ1v) is 8.90. The van der Waals surface area contributed by atoms with Gasteiger partial charge >= 0.3 is 11.8 Å². The van der Waals surface area contributed by atoms with E-state index in [0.717, 1.165) is 38.0 Å². The lowest BCUT2D eigenvalue weighted by Gasteiger charge is -2.30. The molecule has 1 heterocycles. The zero-order chi connectivity index (χ0) is 17.5. The molecule has 25 heavy (non-hydrogen) atoms. The molecule has 1 atom stereocenters. The van der Waals surface area contributed by atoms with Crippen molar-refractivity contribution in [2.24, 2.45) is 5.92 Å². The van der Waals surface area contributed by atoms with Crippen LogP contribution in [0.3, 0.4) is 0 Å². The number of anilines is 2. The lowest BCUT2D eigenvalue weighted by molar-refractivity contribution is -0.136. The summed E-state index contributed by atoms with van der Waals surface area (Å²) in [6.07, 6.45) is 7.35. The Morgan fingerprint density at radius 2 is 1.92 bits per heavy atom. The second-order valence-corrected chi connectivity index (χ2v) is 6.43. The fourth-order valence-electron chi connectivity index (χ4n) is 3.20. The molecule has 1 aliphatic carbocycles. The van der Waals surface area contributed by atoms with Crippen LogP contribution in [0, 0.1) is 5.92 Å². The van der Waals surface area contributed by atoms with E-state index in [0.29, 0.717) is 31.4 Å². The minimum atomic E-state index is -0.618. The van der Waals surface area contributed by atoms with Gasteiger partial charge in [0.2, 0.25) is 0 Å². The number of benzene rings is 1. The molecule has 1 saturated heterocycles. The number of hydrogen-bond donors (Lipinski definition) is 2. The van der Waals surface area contributed by atoms with Crippen molar-refractivity contribution in [1.29, 1.82) is 0 Å². The Morgan fingerprint density at radius 3 is 2.68 bits per heavy atom. The molecule has 0 aromatic heterocycles. The van der Waals surface area contributed by atoms with Crippen molar-refractivity contribution in [3.05, 3.63) is 36.4 Å². The molecule has 0 bridgehead atoms. The molecule has 2 amide bonds. The topological polar surface area (TPSA) is 70.7 Å². The fraction of sp³-hybridized carbons (Fsp3) is 0.474. The third-order valence-corrected chi connectivity index (χ3v) is 4.64. The van der Waals surface area contributed by atoms with Gasteiger partial charge in [-0.05, 0) is 37.3 Å². The summed E-state index contributed by atoms with van der Waals surface area (Å²) in [5, 5.41) is 5.50. The minimum Gasteiger partial charge on any atom is -0.378 e. The van der Waals surface area contributed by atoms with Crippen molar-refractivity contribution in [2.75, 3.05) is 43.1 Å². The van der Waals surface area contributed by atoms with Crippen LogP contribution in [0.15, 0.2) is 36.4 Å². The van der Waals surface area contributed by atoms with E-state index in [1.165, 1.54) is 0 Å². The Bertz CT molecular complexity index is 639. The number of amides is 2. The van der Waals surface area contributed by atoms with Crippen LogP contribution in [0.25, 0.3) is 0 Å². The zero-order valence-electron chi connectivity index (χ0n) is 14.4. The number of nitrogens with one attached hydrogen (secondary N) is 2. The van der Waals surface area contributed by atoms with E-state index in [2.05, 4.69) is 27.7 Å². The lowest BCUT2D eigenvalue weighted by Crippen LogP contribution is -2.39. The van der Waals surface area contributed by atoms with Crippen molar-refractivity contribution in [2.45, 2.75) is 19.3 Å². The van der Waals surface area contributed by atoms with Gasteiger partial charge in [0.25, 0.3) is 0 Å². The molecule has 6 nitrogen and oxygen atoms in total. The van der Waals surface area contributed by atoms with E-state index < -0.39 is 11.8 Å². The Morgan fingerprint density at radius 1 is 1.12 bits per heavy atom. The molecule has 1 fully saturated rings. The van der Waals surface area contributed by atoms with Gasteiger partial charge in [-0.1, -0.05) is 24.3 Å². The van der Waals surface area contributed by atoms with Crippen LogP contribution in [-0.2, 0) is 14.3 Å². The van der Waals surface area contributed by atoms with Gasteiger partial charge in [0, 0.05) is 19.6 Å². The molecule has 2 aliphatic rings. The number of carbonyl (C=O) groups excluding carboxylic acids is 2. The predicted octanol–water partition coefficient (Wildman–Crippen LogP) is 1.93. The van der Waals surface area contributed by atoms with Gasteiger partial charge < -0.3 is 20.3 Å². The number of morpholine rings is 1. The molecule has 1 aliphatic heterocycles. The van der Waals surface area contributed by atoms with Crippen molar-refractivity contribution < 1.29 is 14.3 Å². The maximum absolute atomic E-state index is 12.2. The van der Waals surface area contributed by atoms with Crippen LogP contribution in [-0.4, -0.2) is 44.7 Å². The van der Waals surface area contributed by atoms with Gasteiger partial charge in [0.05, 0.1) is 24.6 Å².